The van der Waals surface area contributed by atoms with Gasteiger partial charge in [0.1, 0.15) is 6.04 Å². The second-order valence-corrected chi connectivity index (χ2v) is 5.59. The van der Waals surface area contributed by atoms with E-state index in [2.05, 4.69) is 10.6 Å². The molecule has 0 saturated carbocycles. The van der Waals surface area contributed by atoms with Crippen LogP contribution >= 0.6 is 0 Å². The molecule has 0 spiro atoms. The number of hydrogen-bond donors (Lipinski definition) is 3. The highest BCUT2D eigenvalue weighted by molar-refractivity contribution is 6.04. The van der Waals surface area contributed by atoms with Gasteiger partial charge in [-0.25, -0.2) is 9.59 Å². The monoisotopic (exact) mass is 317 g/mol. The molecule has 3 N–H and O–H groups in total. The minimum atomic E-state index is -0.999. The number of carboxylic acids is 1. The van der Waals surface area contributed by atoms with Gasteiger partial charge in [-0.15, -0.1) is 0 Å². The van der Waals surface area contributed by atoms with Gasteiger partial charge in [0.05, 0.1) is 5.56 Å². The van der Waals surface area contributed by atoms with Crippen molar-refractivity contribution in [3.05, 3.63) is 34.9 Å². The molecule has 120 valence electrons. The number of carbonyl (C=O) groups is 4. The molecular formula is C15H15N3O5. The van der Waals surface area contributed by atoms with Crippen LogP contribution in [0.15, 0.2) is 18.2 Å². The van der Waals surface area contributed by atoms with Crippen molar-refractivity contribution in [2.45, 2.75) is 32.0 Å². The molecule has 3 rings (SSSR count). The van der Waals surface area contributed by atoms with Crippen molar-refractivity contribution in [2.75, 3.05) is 0 Å². The van der Waals surface area contributed by atoms with E-state index in [4.69, 9.17) is 5.11 Å². The predicted octanol–water partition coefficient (Wildman–Crippen LogP) is 0.215. The second-order valence-electron chi connectivity index (χ2n) is 5.59. The zero-order chi connectivity index (χ0) is 16.6. The summed E-state index contributed by atoms with van der Waals surface area (Å²) in [7, 11) is 0. The summed E-state index contributed by atoms with van der Waals surface area (Å²) in [6.45, 7) is 0.787. The van der Waals surface area contributed by atoms with Gasteiger partial charge < -0.3 is 15.3 Å². The minimum Gasteiger partial charge on any atom is -0.478 e. The Morgan fingerprint density at radius 1 is 1.22 bits per heavy atom. The number of amides is 4. The summed E-state index contributed by atoms with van der Waals surface area (Å²) in [6, 6.07) is 3.61. The fraction of sp³-hybridized carbons (Fsp3) is 0.333. The minimum absolute atomic E-state index is 0.132. The third-order valence-electron chi connectivity index (χ3n) is 4.03. The van der Waals surface area contributed by atoms with Crippen LogP contribution in [-0.2, 0) is 22.7 Å². The Bertz CT molecular complexity index is 715. The number of carboxylic acid groups (broad SMARTS) is 1. The van der Waals surface area contributed by atoms with E-state index in [1.165, 1.54) is 6.07 Å². The molecule has 0 aliphatic carbocycles. The molecule has 2 heterocycles. The van der Waals surface area contributed by atoms with Crippen molar-refractivity contribution in [1.29, 1.82) is 0 Å². The maximum absolute atomic E-state index is 12.2. The molecule has 1 aromatic carbocycles. The molecule has 8 nitrogen and oxygen atoms in total. The van der Waals surface area contributed by atoms with Crippen molar-refractivity contribution < 1.29 is 24.3 Å². The molecule has 1 unspecified atom stereocenters. The molecule has 1 saturated heterocycles. The van der Waals surface area contributed by atoms with Crippen LogP contribution in [0.3, 0.4) is 0 Å². The van der Waals surface area contributed by atoms with Gasteiger partial charge >= 0.3 is 12.0 Å². The van der Waals surface area contributed by atoms with E-state index in [0.29, 0.717) is 13.1 Å². The number of nitrogens with zero attached hydrogens (tertiary/aromatic N) is 1. The Kier molecular flexibility index (Phi) is 3.73. The lowest BCUT2D eigenvalue weighted by molar-refractivity contribution is -0.132. The second kappa shape index (κ2) is 5.71. The molecule has 8 heteroatoms. The molecule has 1 aromatic rings. The maximum atomic E-state index is 12.2. The lowest BCUT2D eigenvalue weighted by atomic mass is 10.1. The molecule has 2 aliphatic rings. The van der Waals surface area contributed by atoms with Gasteiger partial charge in [0.15, 0.2) is 0 Å². The highest BCUT2D eigenvalue weighted by Crippen LogP contribution is 2.25. The number of aromatic carboxylic acids is 1. The highest BCUT2D eigenvalue weighted by atomic mass is 16.4. The first kappa shape index (κ1) is 15.0. The number of nitrogens with one attached hydrogen (secondary N) is 2. The van der Waals surface area contributed by atoms with Crippen LogP contribution in [0.25, 0.3) is 0 Å². The van der Waals surface area contributed by atoms with Crippen LogP contribution < -0.4 is 10.6 Å². The molecule has 0 bridgehead atoms. The first-order chi connectivity index (χ1) is 10.9. The lowest BCUT2D eigenvalue weighted by Crippen LogP contribution is -2.32. The van der Waals surface area contributed by atoms with Gasteiger partial charge in [-0.05, 0) is 29.7 Å². The number of hydrogen-bond acceptors (Lipinski definition) is 4. The predicted molar refractivity (Wildman–Crippen MR) is 77.4 cm³/mol. The molecule has 23 heavy (non-hydrogen) atoms. The van der Waals surface area contributed by atoms with E-state index in [9.17, 15) is 19.2 Å². The van der Waals surface area contributed by atoms with Gasteiger partial charge in [0.25, 0.3) is 5.91 Å². The molecule has 4 amide bonds. The first-order valence-electron chi connectivity index (χ1n) is 7.18. The summed E-state index contributed by atoms with van der Waals surface area (Å²) < 4.78 is 0. The van der Waals surface area contributed by atoms with Crippen molar-refractivity contribution >= 4 is 23.8 Å². The van der Waals surface area contributed by atoms with Gasteiger partial charge in [0.2, 0.25) is 5.91 Å². The van der Waals surface area contributed by atoms with Crippen LogP contribution in [0.5, 0.6) is 0 Å². The van der Waals surface area contributed by atoms with Gasteiger partial charge in [-0.2, -0.15) is 0 Å². The van der Waals surface area contributed by atoms with E-state index in [1.807, 2.05) is 0 Å². The Balaban J connectivity index is 1.58. The van der Waals surface area contributed by atoms with Crippen LogP contribution in [0, 0.1) is 0 Å². The number of urea groups is 1. The smallest absolute Gasteiger partial charge is 0.335 e. The molecule has 1 fully saturated rings. The van der Waals surface area contributed by atoms with Gasteiger partial charge in [0, 0.05) is 19.5 Å². The normalized spacial score (nSPS) is 19.3. The third kappa shape index (κ3) is 3.01. The van der Waals surface area contributed by atoms with Crippen molar-refractivity contribution in [2.24, 2.45) is 0 Å². The summed E-state index contributed by atoms with van der Waals surface area (Å²) >= 11 is 0. The van der Waals surface area contributed by atoms with Crippen LogP contribution in [0.2, 0.25) is 0 Å². The Morgan fingerprint density at radius 3 is 2.61 bits per heavy atom. The average Bonchev–Trinajstić information content (AvgIpc) is 3.06. The van der Waals surface area contributed by atoms with E-state index in [1.54, 1.807) is 17.0 Å². The SMILES string of the molecule is O=C1NC(=O)C(CCC(=O)N2Cc3ccc(C(=O)O)cc3C2)N1. The zero-order valence-corrected chi connectivity index (χ0v) is 12.2. The molecule has 1 atom stereocenters. The third-order valence-corrected chi connectivity index (χ3v) is 4.03. The number of rotatable bonds is 4. The van der Waals surface area contributed by atoms with Crippen molar-refractivity contribution in [1.82, 2.24) is 15.5 Å². The van der Waals surface area contributed by atoms with Crippen LogP contribution in [-0.4, -0.2) is 39.9 Å². The summed E-state index contributed by atoms with van der Waals surface area (Å²) in [5.41, 5.74) is 1.95. The highest BCUT2D eigenvalue weighted by Gasteiger charge is 2.31. The molecular weight excluding hydrogens is 302 g/mol. The average molecular weight is 317 g/mol. The van der Waals surface area contributed by atoms with Gasteiger partial charge in [-0.3, -0.25) is 14.9 Å². The van der Waals surface area contributed by atoms with Gasteiger partial charge in [-0.1, -0.05) is 6.07 Å². The van der Waals surface area contributed by atoms with Crippen molar-refractivity contribution in [3.63, 3.8) is 0 Å². The summed E-state index contributed by atoms with van der Waals surface area (Å²) in [6.07, 6.45) is 0.377. The van der Waals surface area contributed by atoms with E-state index in [0.717, 1.165) is 11.1 Å². The first-order valence-corrected chi connectivity index (χ1v) is 7.18. The number of carbonyl (C=O) groups excluding carboxylic acids is 3. The number of benzene rings is 1. The summed E-state index contributed by atoms with van der Waals surface area (Å²) in [5, 5.41) is 13.6. The summed E-state index contributed by atoms with van der Waals surface area (Å²) in [5.74, 6) is -1.55. The lowest BCUT2D eigenvalue weighted by Gasteiger charge is -2.16. The van der Waals surface area contributed by atoms with Crippen LogP contribution in [0.1, 0.15) is 34.3 Å². The number of fused-ring (bicyclic) bond motifs is 1. The topological polar surface area (TPSA) is 116 Å². The largest absolute Gasteiger partial charge is 0.478 e. The zero-order valence-electron chi connectivity index (χ0n) is 12.2. The number of imide groups is 1. The van der Waals surface area contributed by atoms with E-state index >= 15 is 0 Å². The van der Waals surface area contributed by atoms with E-state index in [-0.39, 0.29) is 24.3 Å². The molecule has 0 aromatic heterocycles. The Hall–Kier alpha value is -2.90. The Labute approximate surface area is 131 Å². The fourth-order valence-electron chi connectivity index (χ4n) is 2.79. The summed E-state index contributed by atoms with van der Waals surface area (Å²) in [4.78, 5) is 47.3. The quantitative estimate of drug-likeness (QED) is 0.687. The molecule has 2 aliphatic heterocycles. The maximum Gasteiger partial charge on any atom is 0.335 e. The fourth-order valence-corrected chi connectivity index (χ4v) is 2.79. The Morgan fingerprint density at radius 2 is 1.96 bits per heavy atom. The van der Waals surface area contributed by atoms with E-state index < -0.39 is 23.9 Å². The van der Waals surface area contributed by atoms with Crippen LogP contribution in [0.4, 0.5) is 4.79 Å². The van der Waals surface area contributed by atoms with Crippen molar-refractivity contribution in [3.8, 4) is 0 Å². The standard InChI is InChI=1S/C15H15N3O5/c19-12(4-3-11-13(20)17-15(23)16-11)18-6-9-2-1-8(14(21)22)5-10(9)7-18/h1-2,5,11H,3-4,6-7H2,(H,21,22)(H2,16,17,20,23). The molecule has 0 radical (unpaired) electrons.